The number of H-pyrrole nitrogens is 1. The van der Waals surface area contributed by atoms with Crippen LogP contribution in [0, 0.1) is 0 Å². The number of aromatic amines is 1. The van der Waals surface area contributed by atoms with Crippen molar-refractivity contribution in [1.82, 2.24) is 14.5 Å². The average molecular weight is 361 g/mol. The number of aromatic nitrogens is 2. The van der Waals surface area contributed by atoms with Gasteiger partial charge in [0.2, 0.25) is 0 Å². The first kappa shape index (κ1) is 17.8. The molecule has 0 atom stereocenters. The first-order valence-corrected chi connectivity index (χ1v) is 9.90. The average Bonchev–Trinajstić information content (AvgIpc) is 2.84. The van der Waals surface area contributed by atoms with Crippen molar-refractivity contribution in [3.05, 3.63) is 93.7 Å². The van der Waals surface area contributed by atoms with Crippen LogP contribution >= 0.6 is 0 Å². The second-order valence-electron chi connectivity index (χ2n) is 7.44. The standard InChI is InChI=1S/C23H27N3O/c27-23-24-21-14-8-3-9-15-22(21)26(23)18-25(16-19-10-4-1-5-11-19)17-20-12-6-2-7-13-20/h1-2,4-7,10-13H,3,8-9,14-18H2,(H,24,27). The van der Waals surface area contributed by atoms with E-state index in [1.54, 1.807) is 0 Å². The predicted molar refractivity (Wildman–Crippen MR) is 108 cm³/mol. The predicted octanol–water partition coefficient (Wildman–Crippen LogP) is 4.11. The molecular formula is C23H27N3O. The van der Waals surface area contributed by atoms with E-state index in [4.69, 9.17) is 0 Å². The summed E-state index contributed by atoms with van der Waals surface area (Å²) in [6.07, 6.45) is 5.58. The summed E-state index contributed by atoms with van der Waals surface area (Å²) < 4.78 is 1.96. The van der Waals surface area contributed by atoms with Crippen molar-refractivity contribution < 1.29 is 0 Å². The van der Waals surface area contributed by atoms with Crippen LogP contribution in [0.3, 0.4) is 0 Å². The fraction of sp³-hybridized carbons (Fsp3) is 0.348. The van der Waals surface area contributed by atoms with Crippen LogP contribution in [-0.2, 0) is 32.6 Å². The van der Waals surface area contributed by atoms with Crippen LogP contribution in [0.1, 0.15) is 41.8 Å². The van der Waals surface area contributed by atoms with Crippen LogP contribution in [-0.4, -0.2) is 14.5 Å². The lowest BCUT2D eigenvalue weighted by Crippen LogP contribution is -2.31. The SMILES string of the molecule is O=c1[nH]c2c(n1CN(Cc1ccccc1)Cc1ccccc1)CCCCC2. The summed E-state index contributed by atoms with van der Waals surface area (Å²) in [4.78, 5) is 18.1. The van der Waals surface area contributed by atoms with Crippen LogP contribution in [0.2, 0.25) is 0 Å². The summed E-state index contributed by atoms with van der Waals surface area (Å²) in [5, 5.41) is 0. The minimum atomic E-state index is 0.0352. The monoisotopic (exact) mass is 361 g/mol. The zero-order valence-corrected chi connectivity index (χ0v) is 15.7. The number of hydrogen-bond donors (Lipinski definition) is 1. The number of aryl methyl sites for hydroxylation is 1. The van der Waals surface area contributed by atoms with Crippen molar-refractivity contribution in [1.29, 1.82) is 0 Å². The maximum Gasteiger partial charge on any atom is 0.327 e. The molecule has 4 rings (SSSR count). The van der Waals surface area contributed by atoms with Gasteiger partial charge in [-0.1, -0.05) is 67.1 Å². The van der Waals surface area contributed by atoms with Gasteiger partial charge >= 0.3 is 5.69 Å². The molecule has 0 saturated carbocycles. The van der Waals surface area contributed by atoms with Crippen LogP contribution < -0.4 is 5.69 Å². The zero-order valence-electron chi connectivity index (χ0n) is 15.7. The molecule has 0 radical (unpaired) electrons. The van der Waals surface area contributed by atoms with Crippen LogP contribution in [0.5, 0.6) is 0 Å². The molecule has 1 aliphatic rings. The second kappa shape index (κ2) is 8.40. The Morgan fingerprint density at radius 1 is 0.815 bits per heavy atom. The number of nitrogens with one attached hydrogen (secondary N) is 1. The van der Waals surface area contributed by atoms with Gasteiger partial charge in [-0.05, 0) is 36.8 Å². The number of rotatable bonds is 6. The Labute approximate surface area is 160 Å². The highest BCUT2D eigenvalue weighted by molar-refractivity contribution is 5.18. The molecule has 4 nitrogen and oxygen atoms in total. The summed E-state index contributed by atoms with van der Waals surface area (Å²) in [5.41, 5.74) is 4.93. The Bertz CT molecular complexity index is 870. The molecule has 0 aliphatic heterocycles. The summed E-state index contributed by atoms with van der Waals surface area (Å²) in [6, 6.07) is 21.0. The fourth-order valence-electron chi connectivity index (χ4n) is 4.01. The Kier molecular flexibility index (Phi) is 5.54. The highest BCUT2D eigenvalue weighted by Gasteiger charge is 2.18. The van der Waals surface area contributed by atoms with Crippen molar-refractivity contribution in [2.45, 2.75) is 51.9 Å². The maximum absolute atomic E-state index is 12.6. The molecule has 0 amide bonds. The van der Waals surface area contributed by atoms with Gasteiger partial charge in [-0.15, -0.1) is 0 Å². The fourth-order valence-corrected chi connectivity index (χ4v) is 4.01. The zero-order chi connectivity index (χ0) is 18.5. The van der Waals surface area contributed by atoms with Gasteiger partial charge in [0.25, 0.3) is 0 Å². The van der Waals surface area contributed by atoms with E-state index in [0.717, 1.165) is 31.6 Å². The largest absolute Gasteiger partial charge is 0.327 e. The molecule has 4 heteroatoms. The molecule has 1 aromatic heterocycles. The third-order valence-corrected chi connectivity index (χ3v) is 5.36. The minimum Gasteiger partial charge on any atom is -0.310 e. The Balaban J connectivity index is 1.61. The Hall–Kier alpha value is -2.59. The number of fused-ring (bicyclic) bond motifs is 1. The van der Waals surface area contributed by atoms with E-state index in [2.05, 4.69) is 58.4 Å². The summed E-state index contributed by atoms with van der Waals surface area (Å²) in [6.45, 7) is 2.26. The van der Waals surface area contributed by atoms with E-state index in [9.17, 15) is 4.79 Å². The van der Waals surface area contributed by atoms with Crippen molar-refractivity contribution in [2.75, 3.05) is 0 Å². The van der Waals surface area contributed by atoms with E-state index >= 15 is 0 Å². The van der Waals surface area contributed by atoms with Crippen molar-refractivity contribution in [3.8, 4) is 0 Å². The van der Waals surface area contributed by atoms with Gasteiger partial charge < -0.3 is 4.98 Å². The number of benzene rings is 2. The van der Waals surface area contributed by atoms with Crippen molar-refractivity contribution in [3.63, 3.8) is 0 Å². The maximum atomic E-state index is 12.6. The van der Waals surface area contributed by atoms with Gasteiger partial charge in [0.15, 0.2) is 0 Å². The van der Waals surface area contributed by atoms with Crippen LogP contribution in [0.25, 0.3) is 0 Å². The molecule has 1 heterocycles. The molecule has 2 aromatic carbocycles. The molecule has 0 fully saturated rings. The van der Waals surface area contributed by atoms with E-state index in [1.165, 1.54) is 36.1 Å². The molecule has 27 heavy (non-hydrogen) atoms. The van der Waals surface area contributed by atoms with E-state index in [-0.39, 0.29) is 5.69 Å². The Morgan fingerprint density at radius 3 is 2.04 bits per heavy atom. The van der Waals surface area contributed by atoms with Crippen molar-refractivity contribution >= 4 is 0 Å². The lowest BCUT2D eigenvalue weighted by atomic mass is 10.2. The first-order valence-electron chi connectivity index (χ1n) is 9.90. The molecule has 0 saturated heterocycles. The normalized spacial score (nSPS) is 14.1. The first-order chi connectivity index (χ1) is 13.3. The van der Waals surface area contributed by atoms with E-state index < -0.39 is 0 Å². The molecule has 3 aromatic rings. The molecule has 0 spiro atoms. The quantitative estimate of drug-likeness (QED) is 0.672. The summed E-state index contributed by atoms with van der Waals surface area (Å²) >= 11 is 0. The van der Waals surface area contributed by atoms with Crippen LogP contribution in [0.4, 0.5) is 0 Å². The van der Waals surface area contributed by atoms with Gasteiger partial charge in [0, 0.05) is 24.5 Å². The number of hydrogen-bond acceptors (Lipinski definition) is 2. The third-order valence-electron chi connectivity index (χ3n) is 5.36. The molecular weight excluding hydrogens is 334 g/mol. The van der Waals surface area contributed by atoms with Gasteiger partial charge in [0.05, 0.1) is 6.67 Å². The lowest BCUT2D eigenvalue weighted by molar-refractivity contribution is 0.195. The highest BCUT2D eigenvalue weighted by Crippen LogP contribution is 2.19. The molecule has 0 bridgehead atoms. The van der Waals surface area contributed by atoms with Gasteiger partial charge in [0.1, 0.15) is 0 Å². The lowest BCUT2D eigenvalue weighted by Gasteiger charge is -2.24. The minimum absolute atomic E-state index is 0.0352. The Morgan fingerprint density at radius 2 is 1.41 bits per heavy atom. The topological polar surface area (TPSA) is 41.0 Å². The third kappa shape index (κ3) is 4.40. The molecule has 1 aliphatic carbocycles. The van der Waals surface area contributed by atoms with E-state index in [1.807, 2.05) is 16.7 Å². The molecule has 1 N–H and O–H groups in total. The smallest absolute Gasteiger partial charge is 0.310 e. The highest BCUT2D eigenvalue weighted by atomic mass is 16.1. The summed E-state index contributed by atoms with van der Waals surface area (Å²) in [7, 11) is 0. The number of imidazole rings is 1. The van der Waals surface area contributed by atoms with Gasteiger partial charge in [-0.3, -0.25) is 9.47 Å². The number of nitrogens with zero attached hydrogens (tertiary/aromatic N) is 2. The summed E-state index contributed by atoms with van der Waals surface area (Å²) in [5.74, 6) is 0. The van der Waals surface area contributed by atoms with Gasteiger partial charge in [-0.2, -0.15) is 0 Å². The molecule has 140 valence electrons. The van der Waals surface area contributed by atoms with Crippen molar-refractivity contribution in [2.24, 2.45) is 0 Å². The van der Waals surface area contributed by atoms with E-state index in [0.29, 0.717) is 6.67 Å². The second-order valence-corrected chi connectivity index (χ2v) is 7.44. The van der Waals surface area contributed by atoms with Crippen LogP contribution in [0.15, 0.2) is 65.5 Å². The van der Waals surface area contributed by atoms with Gasteiger partial charge in [-0.25, -0.2) is 4.79 Å². The molecule has 0 unspecified atom stereocenters.